The van der Waals surface area contributed by atoms with Crippen LogP contribution < -0.4 is 11.1 Å². The number of benzene rings is 1. The van der Waals surface area contributed by atoms with E-state index in [1.165, 1.54) is 12.1 Å². The van der Waals surface area contributed by atoms with Crippen molar-refractivity contribution in [2.45, 2.75) is 23.8 Å². The van der Waals surface area contributed by atoms with Gasteiger partial charge in [-0.25, -0.2) is 0 Å². The molecule has 0 aromatic heterocycles. The zero-order chi connectivity index (χ0) is 17.7. The molecule has 8 nitrogen and oxygen atoms in total. The zero-order valence-electron chi connectivity index (χ0n) is 13.4. The van der Waals surface area contributed by atoms with E-state index in [0.29, 0.717) is 4.90 Å². The van der Waals surface area contributed by atoms with Crippen LogP contribution in [0.5, 0.6) is 0 Å². The van der Waals surface area contributed by atoms with Gasteiger partial charge in [-0.1, -0.05) is 0 Å². The van der Waals surface area contributed by atoms with E-state index >= 15 is 0 Å². The quantitative estimate of drug-likeness (QED) is 0.448. The Morgan fingerprint density at radius 1 is 1.42 bits per heavy atom. The number of thioether (sulfide) groups is 1. The standard InChI is InChI=1S/C15H20N4O4S/c1-18(11-4-6-17-7-5-11)14(20)9-24-13-3-2-10(15(16)21)8-12(13)19(22)23/h2-3,8,11,17H,4-7,9H2,1H3,(H2,16,21). The molecule has 1 aromatic rings. The van der Waals surface area contributed by atoms with Gasteiger partial charge < -0.3 is 16.0 Å². The Labute approximate surface area is 143 Å². The summed E-state index contributed by atoms with van der Waals surface area (Å²) in [7, 11) is 1.77. The number of piperidine rings is 1. The predicted octanol–water partition coefficient (Wildman–Crippen LogP) is 0.996. The average Bonchev–Trinajstić information content (AvgIpc) is 2.59. The van der Waals surface area contributed by atoms with Crippen LogP contribution in [0.25, 0.3) is 0 Å². The van der Waals surface area contributed by atoms with Crippen LogP contribution in [0.1, 0.15) is 23.2 Å². The zero-order valence-corrected chi connectivity index (χ0v) is 14.2. The maximum absolute atomic E-state index is 12.3. The van der Waals surface area contributed by atoms with Crippen LogP contribution in [-0.4, -0.2) is 53.6 Å². The van der Waals surface area contributed by atoms with Crippen LogP contribution in [0.2, 0.25) is 0 Å². The van der Waals surface area contributed by atoms with Crippen LogP contribution in [0.4, 0.5) is 5.69 Å². The minimum Gasteiger partial charge on any atom is -0.366 e. The molecule has 24 heavy (non-hydrogen) atoms. The highest BCUT2D eigenvalue weighted by Gasteiger charge is 2.23. The van der Waals surface area contributed by atoms with E-state index in [0.717, 1.165) is 43.8 Å². The molecule has 0 atom stereocenters. The van der Waals surface area contributed by atoms with Gasteiger partial charge in [-0.15, -0.1) is 11.8 Å². The number of hydrogen-bond acceptors (Lipinski definition) is 6. The highest BCUT2D eigenvalue weighted by molar-refractivity contribution is 8.00. The second-order valence-electron chi connectivity index (χ2n) is 5.58. The number of amides is 2. The molecule has 0 bridgehead atoms. The fourth-order valence-electron chi connectivity index (χ4n) is 2.57. The number of nitrogens with two attached hydrogens (primary N) is 1. The first-order valence-electron chi connectivity index (χ1n) is 7.57. The first-order valence-corrected chi connectivity index (χ1v) is 8.56. The first-order chi connectivity index (χ1) is 11.4. The van der Waals surface area contributed by atoms with E-state index in [2.05, 4.69) is 5.32 Å². The number of nitro groups is 1. The second kappa shape index (κ2) is 8.11. The van der Waals surface area contributed by atoms with Crippen molar-refractivity contribution >= 4 is 29.3 Å². The lowest BCUT2D eigenvalue weighted by atomic mass is 10.1. The molecule has 2 amide bonds. The smallest absolute Gasteiger partial charge is 0.283 e. The van der Waals surface area contributed by atoms with E-state index in [1.54, 1.807) is 11.9 Å². The summed E-state index contributed by atoms with van der Waals surface area (Å²) in [5, 5.41) is 14.4. The molecule has 3 N–H and O–H groups in total. The molecule has 0 spiro atoms. The molecule has 0 saturated carbocycles. The summed E-state index contributed by atoms with van der Waals surface area (Å²) in [5.74, 6) is -0.687. The topological polar surface area (TPSA) is 119 Å². The van der Waals surface area contributed by atoms with Crippen LogP contribution in [0.15, 0.2) is 23.1 Å². The Bertz CT molecular complexity index is 646. The van der Waals surface area contributed by atoms with Crippen molar-refractivity contribution in [2.24, 2.45) is 5.73 Å². The number of carbonyl (C=O) groups is 2. The molecule has 9 heteroatoms. The fraction of sp³-hybridized carbons (Fsp3) is 0.467. The summed E-state index contributed by atoms with van der Waals surface area (Å²) in [4.78, 5) is 36.1. The molecule has 2 rings (SSSR count). The predicted molar refractivity (Wildman–Crippen MR) is 91.0 cm³/mol. The lowest BCUT2D eigenvalue weighted by molar-refractivity contribution is -0.387. The van der Waals surface area contributed by atoms with Crippen molar-refractivity contribution in [3.8, 4) is 0 Å². The van der Waals surface area contributed by atoms with Gasteiger partial charge in [0.05, 0.1) is 15.6 Å². The second-order valence-corrected chi connectivity index (χ2v) is 6.60. The van der Waals surface area contributed by atoms with Crippen LogP contribution in [0.3, 0.4) is 0 Å². The number of carbonyl (C=O) groups excluding carboxylic acids is 2. The lowest BCUT2D eigenvalue weighted by Gasteiger charge is -2.31. The van der Waals surface area contributed by atoms with Crippen molar-refractivity contribution < 1.29 is 14.5 Å². The maximum Gasteiger partial charge on any atom is 0.283 e. The molecule has 1 heterocycles. The van der Waals surface area contributed by atoms with Gasteiger partial charge in [0.15, 0.2) is 0 Å². The summed E-state index contributed by atoms with van der Waals surface area (Å²) in [6, 6.07) is 4.23. The van der Waals surface area contributed by atoms with Gasteiger partial charge in [-0.2, -0.15) is 0 Å². The third kappa shape index (κ3) is 4.45. The van der Waals surface area contributed by atoms with E-state index in [4.69, 9.17) is 5.73 Å². The highest BCUT2D eigenvalue weighted by atomic mass is 32.2. The number of nitrogens with zero attached hydrogens (tertiary/aromatic N) is 2. The first kappa shape index (κ1) is 18.2. The van der Waals surface area contributed by atoms with E-state index in [9.17, 15) is 19.7 Å². The highest BCUT2D eigenvalue weighted by Crippen LogP contribution is 2.30. The molecule has 130 valence electrons. The summed E-state index contributed by atoms with van der Waals surface area (Å²) in [5.41, 5.74) is 5.00. The molecule has 1 fully saturated rings. The summed E-state index contributed by atoms with van der Waals surface area (Å²) < 4.78 is 0. The third-order valence-corrected chi connectivity index (χ3v) is 5.09. The van der Waals surface area contributed by atoms with Crippen LogP contribution >= 0.6 is 11.8 Å². The number of primary amides is 1. The van der Waals surface area contributed by atoms with Crippen LogP contribution in [0, 0.1) is 10.1 Å². The van der Waals surface area contributed by atoms with E-state index < -0.39 is 10.8 Å². The summed E-state index contributed by atoms with van der Waals surface area (Å²) >= 11 is 1.10. The molecule has 0 unspecified atom stereocenters. The minimum absolute atomic E-state index is 0.0693. The maximum atomic E-state index is 12.3. The van der Waals surface area contributed by atoms with Gasteiger partial charge in [0.2, 0.25) is 11.8 Å². The van der Waals surface area contributed by atoms with E-state index in [-0.39, 0.29) is 29.0 Å². The molecule has 0 radical (unpaired) electrons. The van der Waals surface area contributed by atoms with Gasteiger partial charge in [0.25, 0.3) is 5.69 Å². The fourth-order valence-corrected chi connectivity index (χ4v) is 3.50. The summed E-state index contributed by atoms with van der Waals surface area (Å²) in [6.45, 7) is 1.77. The van der Waals surface area contributed by atoms with Gasteiger partial charge in [0, 0.05) is 24.7 Å². The van der Waals surface area contributed by atoms with Gasteiger partial charge in [0.1, 0.15) is 0 Å². The molecule has 1 aliphatic rings. The van der Waals surface area contributed by atoms with Crippen LogP contribution in [-0.2, 0) is 4.79 Å². The Kier molecular flexibility index (Phi) is 6.16. The molecule has 0 aliphatic carbocycles. The Morgan fingerprint density at radius 3 is 2.67 bits per heavy atom. The Morgan fingerprint density at radius 2 is 2.08 bits per heavy atom. The Hall–Kier alpha value is -2.13. The number of rotatable bonds is 6. The van der Waals surface area contributed by atoms with Crippen molar-refractivity contribution in [3.05, 3.63) is 33.9 Å². The molecule has 1 saturated heterocycles. The Balaban J connectivity index is 2.03. The number of nitro benzene ring substituents is 1. The normalized spacial score (nSPS) is 15.0. The monoisotopic (exact) mass is 352 g/mol. The lowest BCUT2D eigenvalue weighted by Crippen LogP contribution is -2.44. The molecule has 1 aromatic carbocycles. The minimum atomic E-state index is -0.726. The van der Waals surface area contributed by atoms with Crippen molar-refractivity contribution in [3.63, 3.8) is 0 Å². The van der Waals surface area contributed by atoms with Gasteiger partial charge >= 0.3 is 0 Å². The van der Waals surface area contributed by atoms with Crippen molar-refractivity contribution in [1.29, 1.82) is 0 Å². The number of hydrogen-bond donors (Lipinski definition) is 2. The third-order valence-electron chi connectivity index (χ3n) is 4.04. The largest absolute Gasteiger partial charge is 0.366 e. The number of nitrogens with one attached hydrogen (secondary N) is 1. The molecule has 1 aliphatic heterocycles. The molecular weight excluding hydrogens is 332 g/mol. The van der Waals surface area contributed by atoms with Gasteiger partial charge in [-0.05, 0) is 38.1 Å². The SMILES string of the molecule is CN(C(=O)CSc1ccc(C(N)=O)cc1[N+](=O)[O-])C1CCNCC1. The summed E-state index contributed by atoms with van der Waals surface area (Å²) in [6.07, 6.45) is 1.81. The average molecular weight is 352 g/mol. The van der Waals surface area contributed by atoms with Crippen molar-refractivity contribution in [2.75, 3.05) is 25.9 Å². The van der Waals surface area contributed by atoms with E-state index in [1.807, 2.05) is 0 Å². The van der Waals surface area contributed by atoms with Gasteiger partial charge in [-0.3, -0.25) is 19.7 Å². The molecular formula is C15H20N4O4S. The van der Waals surface area contributed by atoms with Crippen molar-refractivity contribution in [1.82, 2.24) is 10.2 Å².